The summed E-state index contributed by atoms with van der Waals surface area (Å²) >= 11 is 0. The normalized spacial score (nSPS) is 14.2. The monoisotopic (exact) mass is 1440 g/mol. The fourth-order valence-electron chi connectivity index (χ4n) is 12.2. The number of rotatable bonds is 78. The second-order valence-corrected chi connectivity index (χ2v) is 32.1. The first-order valence-corrected chi connectivity index (χ1v) is 44.0. The summed E-state index contributed by atoms with van der Waals surface area (Å²) in [6.45, 7) is 9.52. The van der Waals surface area contributed by atoms with E-state index >= 15 is 0 Å². The second kappa shape index (κ2) is 70.7. The lowest BCUT2D eigenvalue weighted by Gasteiger charge is -2.21. The number of phosphoric ester groups is 2. The van der Waals surface area contributed by atoms with Crippen molar-refractivity contribution in [1.82, 2.24) is 0 Å². The maximum atomic E-state index is 13.1. The minimum Gasteiger partial charge on any atom is -0.462 e. The van der Waals surface area contributed by atoms with Crippen LogP contribution in [0.2, 0.25) is 0 Å². The summed E-state index contributed by atoms with van der Waals surface area (Å²) in [5.41, 5.74) is 0. The largest absolute Gasteiger partial charge is 0.472 e. The second-order valence-electron chi connectivity index (χ2n) is 29.2. The fraction of sp³-hybridized carbons (Fsp3) is 0.949. The molecule has 0 saturated heterocycles. The Labute approximate surface area is 600 Å². The molecule has 0 aromatic rings. The van der Waals surface area contributed by atoms with Crippen molar-refractivity contribution in [2.24, 2.45) is 11.8 Å². The van der Waals surface area contributed by atoms with Crippen LogP contribution in [-0.2, 0) is 65.4 Å². The number of aliphatic hydroxyl groups excluding tert-OH is 1. The van der Waals surface area contributed by atoms with Crippen LogP contribution in [0.25, 0.3) is 0 Å². The van der Waals surface area contributed by atoms with Crippen molar-refractivity contribution >= 4 is 39.5 Å². The number of carbonyl (C=O) groups is 4. The smallest absolute Gasteiger partial charge is 0.462 e. The standard InChI is InChI=1S/C79H154O17P2/c1-7-10-12-14-16-18-20-22-24-25-26-27-28-29-30-32-34-36-38-43-51-57-63-78(83)95-74(67-89-76(81)61-55-49-42-37-35-33-31-23-21-19-17-15-13-11-8-2)69-93-97(85,86)91-65-73(80)66-92-98(87,88)94-70-75(68-90-77(82)62-56-50-46-45-47-53-59-71(4)5)96-79(84)64-58-52-44-40-39-41-48-54-60-72(6)9-3/h71-75,80H,7-70H2,1-6H3,(H,85,86)(H,87,88)/t72?,73-,74-,75-/m1/s1. The van der Waals surface area contributed by atoms with Gasteiger partial charge < -0.3 is 33.8 Å². The summed E-state index contributed by atoms with van der Waals surface area (Å²) in [5.74, 6) is -0.668. The average molecular weight is 1440 g/mol. The number of phosphoric acid groups is 2. The van der Waals surface area contributed by atoms with Crippen molar-refractivity contribution in [2.75, 3.05) is 39.6 Å². The molecule has 0 fully saturated rings. The summed E-state index contributed by atoms with van der Waals surface area (Å²) in [6.07, 6.45) is 60.0. The summed E-state index contributed by atoms with van der Waals surface area (Å²) in [6, 6.07) is 0. The van der Waals surface area contributed by atoms with Gasteiger partial charge in [0.05, 0.1) is 26.4 Å². The summed E-state index contributed by atoms with van der Waals surface area (Å²) in [7, 11) is -9.91. The van der Waals surface area contributed by atoms with Crippen molar-refractivity contribution in [3.05, 3.63) is 0 Å². The lowest BCUT2D eigenvalue weighted by atomic mass is 9.99. The molecule has 98 heavy (non-hydrogen) atoms. The number of ether oxygens (including phenoxy) is 4. The van der Waals surface area contributed by atoms with Gasteiger partial charge in [-0.3, -0.25) is 37.3 Å². The van der Waals surface area contributed by atoms with Crippen molar-refractivity contribution in [3.8, 4) is 0 Å². The van der Waals surface area contributed by atoms with E-state index in [1.165, 1.54) is 225 Å². The number of esters is 4. The first-order chi connectivity index (χ1) is 47.4. The Morgan fingerprint density at radius 2 is 0.520 bits per heavy atom. The summed E-state index contributed by atoms with van der Waals surface area (Å²) < 4.78 is 68.6. The Morgan fingerprint density at radius 3 is 0.776 bits per heavy atom. The molecule has 0 rings (SSSR count). The van der Waals surface area contributed by atoms with Gasteiger partial charge in [-0.05, 0) is 37.5 Å². The van der Waals surface area contributed by atoms with Crippen LogP contribution in [-0.4, -0.2) is 96.7 Å². The van der Waals surface area contributed by atoms with Crippen LogP contribution in [0.4, 0.5) is 0 Å². The third-order valence-electron chi connectivity index (χ3n) is 18.8. The lowest BCUT2D eigenvalue weighted by Crippen LogP contribution is -2.30. The molecule has 0 aromatic heterocycles. The number of hydrogen-bond acceptors (Lipinski definition) is 15. The number of aliphatic hydroxyl groups is 1. The molecule has 0 radical (unpaired) electrons. The van der Waals surface area contributed by atoms with Gasteiger partial charge in [-0.1, -0.05) is 363 Å². The molecule has 0 bridgehead atoms. The van der Waals surface area contributed by atoms with E-state index in [1.54, 1.807) is 0 Å². The zero-order valence-electron chi connectivity index (χ0n) is 64.1. The Morgan fingerprint density at radius 1 is 0.296 bits per heavy atom. The van der Waals surface area contributed by atoms with Crippen molar-refractivity contribution in [1.29, 1.82) is 0 Å². The molecule has 0 saturated carbocycles. The SMILES string of the molecule is CCCCCCCCCCCCCCCCCCCCCCCCC(=O)O[C@H](COC(=O)CCCCCCCCCCCCCCCCC)COP(=O)(O)OC[C@@H](O)COP(=O)(O)OC[C@@H](COC(=O)CCCCCCCCC(C)C)OC(=O)CCCCCCCCCCC(C)CC. The van der Waals surface area contributed by atoms with Gasteiger partial charge in [0.1, 0.15) is 19.3 Å². The van der Waals surface area contributed by atoms with E-state index in [1.807, 2.05) is 0 Å². The Hall–Kier alpha value is -1.94. The predicted molar refractivity (Wildman–Crippen MR) is 400 cm³/mol. The molecular formula is C79H154O17P2. The summed E-state index contributed by atoms with van der Waals surface area (Å²) in [4.78, 5) is 72.9. The molecule has 582 valence electrons. The minimum atomic E-state index is -4.96. The quantitative estimate of drug-likeness (QED) is 0.0222. The van der Waals surface area contributed by atoms with Gasteiger partial charge in [0.25, 0.3) is 0 Å². The zero-order valence-corrected chi connectivity index (χ0v) is 65.9. The van der Waals surface area contributed by atoms with E-state index in [0.29, 0.717) is 31.6 Å². The first-order valence-electron chi connectivity index (χ1n) is 41.0. The van der Waals surface area contributed by atoms with Crippen LogP contribution in [0.3, 0.4) is 0 Å². The maximum Gasteiger partial charge on any atom is 0.472 e. The molecule has 6 atom stereocenters. The molecule has 0 aliphatic heterocycles. The minimum absolute atomic E-state index is 0.104. The topological polar surface area (TPSA) is 237 Å². The van der Waals surface area contributed by atoms with E-state index in [0.717, 1.165) is 102 Å². The van der Waals surface area contributed by atoms with E-state index in [2.05, 4.69) is 41.5 Å². The predicted octanol–water partition coefficient (Wildman–Crippen LogP) is 23.5. The van der Waals surface area contributed by atoms with Crippen molar-refractivity contribution in [2.45, 2.75) is 432 Å². The highest BCUT2D eigenvalue weighted by Crippen LogP contribution is 2.45. The number of hydrogen-bond donors (Lipinski definition) is 3. The highest BCUT2D eigenvalue weighted by molar-refractivity contribution is 7.47. The molecule has 0 aliphatic rings. The molecule has 3 unspecified atom stereocenters. The Bertz CT molecular complexity index is 1890. The van der Waals surface area contributed by atoms with Gasteiger partial charge in [0, 0.05) is 25.7 Å². The third kappa shape index (κ3) is 71.1. The maximum absolute atomic E-state index is 13.1. The van der Waals surface area contributed by atoms with Gasteiger partial charge in [-0.25, -0.2) is 9.13 Å². The van der Waals surface area contributed by atoms with Crippen LogP contribution < -0.4 is 0 Å². The van der Waals surface area contributed by atoms with E-state index in [9.17, 15) is 43.2 Å². The van der Waals surface area contributed by atoms with Crippen LogP contribution >= 0.6 is 15.6 Å². The van der Waals surface area contributed by atoms with Crippen LogP contribution in [0.15, 0.2) is 0 Å². The highest BCUT2D eigenvalue weighted by atomic mass is 31.2. The molecule has 0 amide bonds. The van der Waals surface area contributed by atoms with Gasteiger partial charge >= 0.3 is 39.5 Å². The van der Waals surface area contributed by atoms with Gasteiger partial charge in [-0.2, -0.15) is 0 Å². The molecule has 0 heterocycles. The molecular weight excluding hydrogens is 1280 g/mol. The molecule has 3 N–H and O–H groups in total. The third-order valence-corrected chi connectivity index (χ3v) is 20.7. The number of unbranched alkanes of at least 4 members (excludes halogenated alkanes) is 47. The summed E-state index contributed by atoms with van der Waals surface area (Å²) in [5, 5.41) is 10.6. The molecule has 19 heteroatoms. The van der Waals surface area contributed by atoms with Crippen LogP contribution in [0, 0.1) is 11.8 Å². The van der Waals surface area contributed by atoms with Crippen molar-refractivity contribution in [3.63, 3.8) is 0 Å². The fourth-order valence-corrected chi connectivity index (χ4v) is 13.7. The van der Waals surface area contributed by atoms with Gasteiger partial charge in [-0.15, -0.1) is 0 Å². The number of carbonyl (C=O) groups excluding carboxylic acids is 4. The van der Waals surface area contributed by atoms with Crippen molar-refractivity contribution < 1.29 is 80.2 Å². The molecule has 17 nitrogen and oxygen atoms in total. The van der Waals surface area contributed by atoms with Gasteiger partial charge in [0.2, 0.25) is 0 Å². The molecule has 0 aliphatic carbocycles. The van der Waals surface area contributed by atoms with E-state index in [-0.39, 0.29) is 25.7 Å². The van der Waals surface area contributed by atoms with E-state index in [4.69, 9.17) is 37.0 Å². The average Bonchev–Trinajstić information content (AvgIpc) is 1.86. The Balaban J connectivity index is 5.19. The molecule has 0 spiro atoms. The van der Waals surface area contributed by atoms with Crippen LogP contribution in [0.1, 0.15) is 414 Å². The van der Waals surface area contributed by atoms with Crippen LogP contribution in [0.5, 0.6) is 0 Å². The molecule has 0 aromatic carbocycles. The lowest BCUT2D eigenvalue weighted by molar-refractivity contribution is -0.161. The van der Waals surface area contributed by atoms with Gasteiger partial charge in [0.15, 0.2) is 12.2 Å². The highest BCUT2D eigenvalue weighted by Gasteiger charge is 2.30. The first kappa shape index (κ1) is 96.1. The Kier molecular flexibility index (Phi) is 69.3. The zero-order chi connectivity index (χ0) is 72.1. The van der Waals surface area contributed by atoms with E-state index < -0.39 is 97.5 Å².